The van der Waals surface area contributed by atoms with E-state index in [-0.39, 0.29) is 0 Å². The van der Waals surface area contributed by atoms with Gasteiger partial charge in [-0.3, -0.25) is 0 Å². The summed E-state index contributed by atoms with van der Waals surface area (Å²) >= 11 is 3.35. The SMILES string of the molecule is COc1ccc2c(c1)sc1c(OC)c3c(sc4cc(OC)ccc4n3C)c(OC)c1n2C. The first-order chi connectivity index (χ1) is 15.5. The zero-order chi connectivity index (χ0) is 22.6. The maximum absolute atomic E-state index is 6.05. The third kappa shape index (κ3) is 2.90. The van der Waals surface area contributed by atoms with Crippen molar-refractivity contribution in [3.8, 4) is 23.0 Å². The maximum atomic E-state index is 6.05. The number of benzene rings is 3. The molecule has 3 aromatic carbocycles. The van der Waals surface area contributed by atoms with E-state index in [1.807, 2.05) is 12.1 Å². The Morgan fingerprint density at radius 1 is 0.594 bits per heavy atom. The number of rotatable bonds is 4. The van der Waals surface area contributed by atoms with Crippen molar-refractivity contribution >= 4 is 63.5 Å². The summed E-state index contributed by atoms with van der Waals surface area (Å²) in [6, 6.07) is 12.2. The standard InChI is InChI=1S/C24H24N2O4S2/c1-25-15-9-7-13(27-3)11-17(15)31-23-19(25)21(29-5)24-20(22(23)30-6)26(2)16-10-8-14(28-4)12-18(16)32-24/h7-12H,1-6H3. The molecular weight excluding hydrogens is 444 g/mol. The summed E-state index contributed by atoms with van der Waals surface area (Å²) < 4.78 is 31.6. The Morgan fingerprint density at radius 3 is 1.34 bits per heavy atom. The lowest BCUT2D eigenvalue weighted by molar-refractivity contribution is 0.415. The van der Waals surface area contributed by atoms with Gasteiger partial charge >= 0.3 is 0 Å². The summed E-state index contributed by atoms with van der Waals surface area (Å²) in [5.41, 5.74) is 4.19. The summed E-state index contributed by atoms with van der Waals surface area (Å²) in [4.78, 5) is 0. The van der Waals surface area contributed by atoms with Crippen molar-refractivity contribution in [3.05, 3.63) is 36.4 Å². The number of hydrogen-bond acceptors (Lipinski definition) is 6. The Labute approximate surface area is 193 Å². The fourth-order valence-corrected chi connectivity index (χ4v) is 6.84. The van der Waals surface area contributed by atoms with Crippen molar-refractivity contribution in [1.29, 1.82) is 0 Å². The van der Waals surface area contributed by atoms with Crippen molar-refractivity contribution in [2.75, 3.05) is 28.4 Å². The largest absolute Gasteiger partial charge is 0.497 e. The lowest BCUT2D eigenvalue weighted by Crippen LogP contribution is -2.04. The fraction of sp³-hybridized carbons (Fsp3) is 0.250. The zero-order valence-electron chi connectivity index (χ0n) is 18.8. The fourth-order valence-electron chi connectivity index (χ4n) is 4.24. The second kappa shape index (κ2) is 7.79. The Bertz CT molecular complexity index is 1440. The molecule has 5 aromatic rings. The van der Waals surface area contributed by atoms with Gasteiger partial charge in [0.25, 0.3) is 0 Å². The normalized spacial score (nSPS) is 11.4. The molecule has 2 aromatic heterocycles. The Kier molecular flexibility index (Phi) is 5.06. The van der Waals surface area contributed by atoms with Crippen molar-refractivity contribution < 1.29 is 18.9 Å². The first kappa shape index (κ1) is 20.8. The van der Waals surface area contributed by atoms with E-state index in [4.69, 9.17) is 18.9 Å². The Hall–Kier alpha value is -3.10. The van der Waals surface area contributed by atoms with Crippen LogP contribution in [0.3, 0.4) is 0 Å². The van der Waals surface area contributed by atoms with Crippen molar-refractivity contribution in [1.82, 2.24) is 9.13 Å². The highest BCUT2D eigenvalue weighted by Gasteiger charge is 2.22. The minimum Gasteiger partial charge on any atom is -0.497 e. The summed E-state index contributed by atoms with van der Waals surface area (Å²) in [6.45, 7) is 0. The van der Waals surface area contributed by atoms with Crippen LogP contribution in [0.2, 0.25) is 0 Å². The predicted molar refractivity (Wildman–Crippen MR) is 134 cm³/mol. The van der Waals surface area contributed by atoms with E-state index in [2.05, 4.69) is 47.5 Å². The summed E-state index contributed by atoms with van der Waals surface area (Å²) in [7, 11) is 11.0. The summed E-state index contributed by atoms with van der Waals surface area (Å²) in [5, 5.41) is 0. The van der Waals surface area contributed by atoms with Crippen LogP contribution in [-0.2, 0) is 14.1 Å². The van der Waals surface area contributed by atoms with Crippen LogP contribution in [0, 0.1) is 0 Å². The van der Waals surface area contributed by atoms with Gasteiger partial charge in [-0.25, -0.2) is 0 Å². The van der Waals surface area contributed by atoms with Gasteiger partial charge in [0.05, 0.1) is 58.3 Å². The summed E-state index contributed by atoms with van der Waals surface area (Å²) in [5.74, 6) is 3.32. The summed E-state index contributed by atoms with van der Waals surface area (Å²) in [6.07, 6.45) is 0. The second-order valence-corrected chi connectivity index (χ2v) is 9.52. The molecule has 0 aliphatic heterocycles. The van der Waals surface area contributed by atoms with Gasteiger partial charge in [-0.1, -0.05) is 0 Å². The van der Waals surface area contributed by atoms with Crippen molar-refractivity contribution in [3.63, 3.8) is 0 Å². The number of aromatic nitrogens is 2. The van der Waals surface area contributed by atoms with E-state index in [1.165, 1.54) is 0 Å². The minimum atomic E-state index is 0.826. The molecule has 8 heteroatoms. The van der Waals surface area contributed by atoms with Gasteiger partial charge in [0, 0.05) is 14.1 Å². The van der Waals surface area contributed by atoms with E-state index in [0.29, 0.717) is 0 Å². The van der Waals surface area contributed by atoms with Crippen LogP contribution in [-0.4, -0.2) is 37.6 Å². The molecule has 0 amide bonds. The van der Waals surface area contributed by atoms with Crippen molar-refractivity contribution in [2.24, 2.45) is 14.1 Å². The van der Waals surface area contributed by atoms with E-state index in [0.717, 1.165) is 63.9 Å². The molecule has 0 fully saturated rings. The first-order valence-electron chi connectivity index (χ1n) is 10.0. The van der Waals surface area contributed by atoms with Gasteiger partial charge in [0.15, 0.2) is 11.5 Å². The lowest BCUT2D eigenvalue weighted by atomic mass is 10.2. The molecule has 0 unspecified atom stereocenters. The first-order valence-corrected chi connectivity index (χ1v) is 11.7. The molecule has 0 N–H and O–H groups in total. The zero-order valence-corrected chi connectivity index (χ0v) is 20.4. The third-order valence-electron chi connectivity index (χ3n) is 5.83. The molecule has 0 bridgehead atoms. The Morgan fingerprint density at radius 2 is 1.00 bits per heavy atom. The van der Waals surface area contributed by atoms with E-state index in [9.17, 15) is 0 Å². The molecule has 6 nitrogen and oxygen atoms in total. The van der Waals surface area contributed by atoms with E-state index >= 15 is 0 Å². The highest BCUT2D eigenvalue weighted by Crippen LogP contribution is 2.49. The number of hydrogen-bond donors (Lipinski definition) is 0. The molecule has 0 aliphatic rings. The Balaban J connectivity index is 2.05. The van der Waals surface area contributed by atoms with Crippen LogP contribution in [0.1, 0.15) is 0 Å². The number of aryl methyl sites for hydroxylation is 2. The van der Waals surface area contributed by atoms with Crippen LogP contribution in [0.25, 0.3) is 40.9 Å². The molecule has 0 radical (unpaired) electrons. The molecule has 2 heterocycles. The van der Waals surface area contributed by atoms with Gasteiger partial charge in [-0.15, -0.1) is 22.7 Å². The quantitative estimate of drug-likeness (QED) is 0.292. The average Bonchev–Trinajstić information content (AvgIpc) is 2.82. The van der Waals surface area contributed by atoms with Crippen LogP contribution >= 0.6 is 22.7 Å². The molecule has 0 saturated carbocycles. The molecule has 0 atom stereocenters. The monoisotopic (exact) mass is 468 g/mol. The third-order valence-corrected chi connectivity index (χ3v) is 8.09. The molecule has 5 rings (SSSR count). The van der Waals surface area contributed by atoms with Crippen molar-refractivity contribution in [2.45, 2.75) is 0 Å². The molecular formula is C24H24N2O4S2. The highest BCUT2D eigenvalue weighted by molar-refractivity contribution is 7.26. The molecule has 32 heavy (non-hydrogen) atoms. The van der Waals surface area contributed by atoms with Crippen LogP contribution in [0.15, 0.2) is 36.4 Å². The van der Waals surface area contributed by atoms with Gasteiger partial charge in [0.2, 0.25) is 0 Å². The second-order valence-electron chi connectivity index (χ2n) is 7.41. The molecule has 0 spiro atoms. The van der Waals surface area contributed by atoms with E-state index in [1.54, 1.807) is 51.1 Å². The topological polar surface area (TPSA) is 46.8 Å². The smallest absolute Gasteiger partial charge is 0.163 e. The molecule has 0 saturated heterocycles. The van der Waals surface area contributed by atoms with Crippen LogP contribution in [0.4, 0.5) is 0 Å². The number of ether oxygens (including phenoxy) is 4. The van der Waals surface area contributed by atoms with Crippen LogP contribution in [0.5, 0.6) is 23.0 Å². The molecule has 166 valence electrons. The number of nitrogens with zero attached hydrogens (tertiary/aromatic N) is 2. The van der Waals surface area contributed by atoms with Gasteiger partial charge < -0.3 is 28.1 Å². The van der Waals surface area contributed by atoms with E-state index < -0.39 is 0 Å². The van der Waals surface area contributed by atoms with Crippen LogP contribution < -0.4 is 18.9 Å². The van der Waals surface area contributed by atoms with Gasteiger partial charge in [-0.2, -0.15) is 0 Å². The maximum Gasteiger partial charge on any atom is 0.163 e. The number of methoxy groups -OCH3 is 4. The predicted octanol–water partition coefficient (Wildman–Crippen LogP) is 6.26. The molecule has 0 aliphatic carbocycles. The minimum absolute atomic E-state index is 0.826. The number of fused-ring (bicyclic) bond motifs is 4. The average molecular weight is 469 g/mol. The van der Waals surface area contributed by atoms with Gasteiger partial charge in [-0.05, 0) is 36.4 Å². The lowest BCUT2D eigenvalue weighted by Gasteiger charge is -2.21. The van der Waals surface area contributed by atoms with Gasteiger partial charge in [0.1, 0.15) is 22.5 Å². The highest BCUT2D eigenvalue weighted by atomic mass is 32.1.